The van der Waals surface area contributed by atoms with E-state index >= 15 is 0 Å². The third-order valence-electron chi connectivity index (χ3n) is 4.43. The normalized spacial score (nSPS) is 18.7. The van der Waals surface area contributed by atoms with Crippen LogP contribution in [0.25, 0.3) is 0 Å². The minimum Gasteiger partial charge on any atom is -0.493 e. The molecular formula is C19H20BrN3O4. The average molecular weight is 434 g/mol. The van der Waals surface area contributed by atoms with Crippen molar-refractivity contribution in [2.24, 2.45) is 10.7 Å². The highest BCUT2D eigenvalue weighted by atomic mass is 79.9. The van der Waals surface area contributed by atoms with Crippen LogP contribution in [0, 0.1) is 0 Å². The zero-order chi connectivity index (χ0) is 19.6. The van der Waals surface area contributed by atoms with Gasteiger partial charge in [-0.05, 0) is 35.4 Å². The molecule has 1 aliphatic heterocycles. The molecule has 1 heterocycles. The summed E-state index contributed by atoms with van der Waals surface area (Å²) in [6, 6.07) is 11.0. The number of hydrogen-bond donors (Lipinski definition) is 2. The SMILES string of the molecule is COc1cc(CC2(c3ccc(Br)cc3)N=C(N)NC2=O)cc(OC)c1OC. The topological polar surface area (TPSA) is 95.2 Å². The summed E-state index contributed by atoms with van der Waals surface area (Å²) < 4.78 is 17.1. The summed E-state index contributed by atoms with van der Waals surface area (Å²) in [5.41, 5.74) is 6.17. The molecule has 2 aromatic carbocycles. The molecule has 0 radical (unpaired) electrons. The minimum absolute atomic E-state index is 0.0929. The molecule has 0 aliphatic carbocycles. The van der Waals surface area contributed by atoms with E-state index in [1.807, 2.05) is 24.3 Å². The lowest BCUT2D eigenvalue weighted by atomic mass is 9.84. The minimum atomic E-state index is -1.17. The second-order valence-corrected chi connectivity index (χ2v) is 6.94. The molecule has 1 aliphatic rings. The zero-order valence-corrected chi connectivity index (χ0v) is 16.8. The number of ether oxygens (including phenoxy) is 3. The van der Waals surface area contributed by atoms with Crippen LogP contribution in [0.1, 0.15) is 11.1 Å². The Morgan fingerprint density at radius 2 is 1.67 bits per heavy atom. The van der Waals surface area contributed by atoms with Gasteiger partial charge in [-0.1, -0.05) is 28.1 Å². The van der Waals surface area contributed by atoms with E-state index in [0.29, 0.717) is 17.2 Å². The summed E-state index contributed by atoms with van der Waals surface area (Å²) in [4.78, 5) is 17.3. The van der Waals surface area contributed by atoms with Gasteiger partial charge in [0.2, 0.25) is 5.75 Å². The molecule has 2 aromatic rings. The molecule has 0 saturated carbocycles. The van der Waals surface area contributed by atoms with E-state index in [1.165, 1.54) is 0 Å². The Hall–Kier alpha value is -2.74. The number of nitrogens with one attached hydrogen (secondary N) is 1. The van der Waals surface area contributed by atoms with Gasteiger partial charge in [0.1, 0.15) is 0 Å². The molecule has 1 unspecified atom stereocenters. The van der Waals surface area contributed by atoms with Crippen molar-refractivity contribution in [2.45, 2.75) is 12.0 Å². The highest BCUT2D eigenvalue weighted by molar-refractivity contribution is 9.10. The first-order valence-electron chi connectivity index (χ1n) is 8.15. The molecule has 3 rings (SSSR count). The number of amides is 1. The first-order valence-corrected chi connectivity index (χ1v) is 8.94. The van der Waals surface area contributed by atoms with E-state index in [-0.39, 0.29) is 18.3 Å². The molecule has 0 spiro atoms. The number of methoxy groups -OCH3 is 3. The largest absolute Gasteiger partial charge is 0.493 e. The maximum Gasteiger partial charge on any atom is 0.259 e. The van der Waals surface area contributed by atoms with Crippen LogP contribution >= 0.6 is 15.9 Å². The predicted molar refractivity (Wildman–Crippen MR) is 105 cm³/mol. The lowest BCUT2D eigenvalue weighted by Gasteiger charge is -2.25. The average Bonchev–Trinajstić information content (AvgIpc) is 2.95. The van der Waals surface area contributed by atoms with Crippen molar-refractivity contribution < 1.29 is 19.0 Å². The number of halogens is 1. The van der Waals surface area contributed by atoms with Gasteiger partial charge in [0.25, 0.3) is 5.91 Å². The highest BCUT2D eigenvalue weighted by Gasteiger charge is 2.45. The number of nitrogens with two attached hydrogens (primary N) is 1. The monoisotopic (exact) mass is 433 g/mol. The van der Waals surface area contributed by atoms with E-state index in [9.17, 15) is 4.79 Å². The van der Waals surface area contributed by atoms with Crippen LogP contribution in [0.5, 0.6) is 17.2 Å². The van der Waals surface area contributed by atoms with Crippen LogP contribution in [0.15, 0.2) is 45.9 Å². The summed E-state index contributed by atoms with van der Waals surface area (Å²) in [5.74, 6) is 1.31. The standard InChI is InChI=1S/C19H20BrN3O4/c1-25-14-8-11(9-15(26-2)16(14)27-3)10-19(17(24)22-18(21)23-19)12-4-6-13(20)7-5-12/h4-9H,10H2,1-3H3,(H3,21,22,23,24). The smallest absolute Gasteiger partial charge is 0.259 e. The number of guanidine groups is 1. The predicted octanol–water partition coefficient (Wildman–Crippen LogP) is 2.36. The maximum absolute atomic E-state index is 12.8. The summed E-state index contributed by atoms with van der Waals surface area (Å²) in [6.45, 7) is 0. The second-order valence-electron chi connectivity index (χ2n) is 6.03. The number of benzene rings is 2. The summed E-state index contributed by atoms with van der Waals surface area (Å²) in [5, 5.41) is 2.61. The van der Waals surface area contributed by atoms with Gasteiger partial charge >= 0.3 is 0 Å². The molecule has 0 bridgehead atoms. The number of carbonyl (C=O) groups is 1. The van der Waals surface area contributed by atoms with Crippen LogP contribution < -0.4 is 25.3 Å². The first kappa shape index (κ1) is 19.0. The Labute approximate surface area is 165 Å². The first-order chi connectivity index (χ1) is 12.9. The zero-order valence-electron chi connectivity index (χ0n) is 15.2. The number of carbonyl (C=O) groups excluding carboxylic acids is 1. The fourth-order valence-corrected chi connectivity index (χ4v) is 3.44. The molecule has 3 N–H and O–H groups in total. The van der Waals surface area contributed by atoms with E-state index in [2.05, 4.69) is 26.2 Å². The molecule has 0 aromatic heterocycles. The fourth-order valence-electron chi connectivity index (χ4n) is 3.18. The molecule has 0 saturated heterocycles. The number of aliphatic imine (C=N–C) groups is 1. The number of nitrogens with zero attached hydrogens (tertiary/aromatic N) is 1. The van der Waals surface area contributed by atoms with Crippen molar-refractivity contribution in [3.05, 3.63) is 52.0 Å². The molecule has 142 valence electrons. The molecule has 0 fully saturated rings. The van der Waals surface area contributed by atoms with E-state index in [1.54, 1.807) is 33.5 Å². The Kier molecular flexibility index (Phi) is 5.27. The Bertz CT molecular complexity index is 873. The number of hydrogen-bond acceptors (Lipinski definition) is 6. The summed E-state index contributed by atoms with van der Waals surface area (Å²) >= 11 is 3.41. The van der Waals surface area contributed by atoms with Crippen LogP contribution in [0.2, 0.25) is 0 Å². The molecule has 1 amide bonds. The van der Waals surface area contributed by atoms with Crippen molar-refractivity contribution in [1.82, 2.24) is 5.32 Å². The lowest BCUT2D eigenvalue weighted by Crippen LogP contribution is -2.40. The van der Waals surface area contributed by atoms with Gasteiger partial charge in [-0.15, -0.1) is 0 Å². The Morgan fingerprint density at radius 1 is 1.07 bits per heavy atom. The van der Waals surface area contributed by atoms with Gasteiger partial charge in [0.15, 0.2) is 23.0 Å². The highest BCUT2D eigenvalue weighted by Crippen LogP contribution is 2.41. The van der Waals surface area contributed by atoms with Crippen molar-refractivity contribution in [1.29, 1.82) is 0 Å². The summed E-state index contributed by atoms with van der Waals surface area (Å²) in [7, 11) is 4.63. The molecule has 8 heteroatoms. The molecular weight excluding hydrogens is 414 g/mol. The van der Waals surface area contributed by atoms with Crippen molar-refractivity contribution in [3.63, 3.8) is 0 Å². The van der Waals surface area contributed by atoms with Gasteiger partial charge in [-0.25, -0.2) is 4.99 Å². The Morgan fingerprint density at radius 3 is 2.11 bits per heavy atom. The Balaban J connectivity index is 2.11. The van der Waals surface area contributed by atoms with E-state index in [0.717, 1.165) is 15.6 Å². The molecule has 1 atom stereocenters. The third kappa shape index (κ3) is 3.44. The van der Waals surface area contributed by atoms with Gasteiger partial charge < -0.3 is 19.9 Å². The van der Waals surface area contributed by atoms with E-state index in [4.69, 9.17) is 19.9 Å². The van der Waals surface area contributed by atoms with Gasteiger partial charge in [0.05, 0.1) is 21.3 Å². The molecule has 27 heavy (non-hydrogen) atoms. The van der Waals surface area contributed by atoms with Crippen LogP contribution in [-0.4, -0.2) is 33.2 Å². The second kappa shape index (κ2) is 7.48. The van der Waals surface area contributed by atoms with Gasteiger partial charge in [-0.2, -0.15) is 0 Å². The van der Waals surface area contributed by atoms with Crippen LogP contribution in [0.3, 0.4) is 0 Å². The van der Waals surface area contributed by atoms with E-state index < -0.39 is 5.54 Å². The number of rotatable bonds is 6. The fraction of sp³-hybridized carbons (Fsp3) is 0.263. The van der Waals surface area contributed by atoms with Crippen molar-refractivity contribution >= 4 is 27.8 Å². The quantitative estimate of drug-likeness (QED) is 0.728. The van der Waals surface area contributed by atoms with Gasteiger partial charge in [0, 0.05) is 10.9 Å². The van der Waals surface area contributed by atoms with Crippen molar-refractivity contribution in [2.75, 3.05) is 21.3 Å². The lowest BCUT2D eigenvalue weighted by molar-refractivity contribution is -0.124. The summed E-state index contributed by atoms with van der Waals surface area (Å²) in [6.07, 6.45) is 0.276. The van der Waals surface area contributed by atoms with Crippen LogP contribution in [-0.2, 0) is 16.8 Å². The van der Waals surface area contributed by atoms with Gasteiger partial charge in [-0.3, -0.25) is 10.1 Å². The molecule has 7 nitrogen and oxygen atoms in total. The van der Waals surface area contributed by atoms with Crippen LogP contribution in [0.4, 0.5) is 0 Å². The third-order valence-corrected chi connectivity index (χ3v) is 4.96. The maximum atomic E-state index is 12.8. The van der Waals surface area contributed by atoms with Crippen molar-refractivity contribution in [3.8, 4) is 17.2 Å².